The minimum absolute atomic E-state index is 0.523. The van der Waals surface area contributed by atoms with Crippen molar-refractivity contribution >= 4 is 5.69 Å². The minimum Gasteiger partial charge on any atom is -0.302 e. The van der Waals surface area contributed by atoms with Crippen LogP contribution in [-0.4, -0.2) is 24.5 Å². The summed E-state index contributed by atoms with van der Waals surface area (Å²) in [4.78, 5) is 12.9. The van der Waals surface area contributed by atoms with Crippen LogP contribution in [0.5, 0.6) is 0 Å². The third-order valence-electron chi connectivity index (χ3n) is 4.56. The van der Waals surface area contributed by atoms with Crippen LogP contribution >= 0.6 is 0 Å². The fraction of sp³-hybridized carbons (Fsp3) is 0.600. The summed E-state index contributed by atoms with van der Waals surface area (Å²) in [5, 5.41) is 2.93. The summed E-state index contributed by atoms with van der Waals surface area (Å²) < 4.78 is 0. The lowest BCUT2D eigenvalue weighted by molar-refractivity contribution is 0.315. The Hall–Kier alpha value is -1.22. The van der Waals surface area contributed by atoms with Crippen molar-refractivity contribution in [3.63, 3.8) is 0 Å². The average molecular weight is 244 g/mol. The largest absolute Gasteiger partial charge is 0.302 e. The third kappa shape index (κ3) is 2.46. The Kier molecular flexibility index (Phi) is 3.41. The molecule has 1 saturated carbocycles. The second-order valence-electron chi connectivity index (χ2n) is 5.72. The highest BCUT2D eigenvalue weighted by atomic mass is 16.3. The van der Waals surface area contributed by atoms with Crippen LogP contribution in [-0.2, 0) is 6.42 Å². The predicted molar refractivity (Wildman–Crippen MR) is 72.9 cm³/mol. The van der Waals surface area contributed by atoms with Crippen LogP contribution in [0.15, 0.2) is 29.4 Å². The molecule has 2 atom stereocenters. The summed E-state index contributed by atoms with van der Waals surface area (Å²) in [6.45, 7) is 3.76. The highest BCUT2D eigenvalue weighted by Gasteiger charge is 2.35. The number of nitroso groups, excluding NO2 is 1. The Balaban J connectivity index is 1.50. The number of likely N-dealkylation sites (tertiary alicyclic amines) is 1. The van der Waals surface area contributed by atoms with E-state index in [1.54, 1.807) is 12.1 Å². The first-order valence-corrected chi connectivity index (χ1v) is 7.00. The smallest absolute Gasteiger partial charge is 0.108 e. The molecule has 2 aliphatic rings. The predicted octanol–water partition coefficient (Wildman–Crippen LogP) is 3.36. The minimum atomic E-state index is 0.523. The van der Waals surface area contributed by atoms with Gasteiger partial charge in [0.25, 0.3) is 0 Å². The summed E-state index contributed by atoms with van der Waals surface area (Å²) in [6, 6.07) is 7.66. The van der Waals surface area contributed by atoms with E-state index in [1.165, 1.54) is 37.9 Å². The van der Waals surface area contributed by atoms with E-state index in [0.29, 0.717) is 5.69 Å². The molecule has 1 saturated heterocycles. The second kappa shape index (κ2) is 5.19. The van der Waals surface area contributed by atoms with Crippen LogP contribution in [0.4, 0.5) is 5.69 Å². The van der Waals surface area contributed by atoms with E-state index in [4.69, 9.17) is 0 Å². The summed E-state index contributed by atoms with van der Waals surface area (Å²) in [5.41, 5.74) is 1.83. The maximum atomic E-state index is 10.3. The maximum absolute atomic E-state index is 10.3. The van der Waals surface area contributed by atoms with Gasteiger partial charge in [-0.2, -0.15) is 0 Å². The van der Waals surface area contributed by atoms with Crippen LogP contribution in [0.3, 0.4) is 0 Å². The van der Waals surface area contributed by atoms with Gasteiger partial charge < -0.3 is 4.90 Å². The van der Waals surface area contributed by atoms with Gasteiger partial charge in [0.15, 0.2) is 0 Å². The number of hydrogen-bond acceptors (Lipinski definition) is 3. The number of fused-ring (bicyclic) bond motifs is 1. The monoisotopic (exact) mass is 244 g/mol. The van der Waals surface area contributed by atoms with Gasteiger partial charge in [0.05, 0.1) is 0 Å². The molecule has 1 aliphatic carbocycles. The maximum Gasteiger partial charge on any atom is 0.108 e. The molecule has 0 radical (unpaired) electrons. The van der Waals surface area contributed by atoms with Crippen molar-refractivity contribution in [1.82, 2.24) is 4.90 Å². The molecule has 0 N–H and O–H groups in total. The van der Waals surface area contributed by atoms with Crippen molar-refractivity contribution in [2.24, 2.45) is 17.0 Å². The SMILES string of the molecule is O=Nc1ccc(CCN2CC3CCCC3C2)cc1. The van der Waals surface area contributed by atoms with Crippen molar-refractivity contribution < 1.29 is 0 Å². The van der Waals surface area contributed by atoms with Gasteiger partial charge in [0.2, 0.25) is 0 Å². The van der Waals surface area contributed by atoms with E-state index in [2.05, 4.69) is 10.1 Å². The van der Waals surface area contributed by atoms with Crippen LogP contribution in [0.25, 0.3) is 0 Å². The zero-order valence-electron chi connectivity index (χ0n) is 10.7. The van der Waals surface area contributed by atoms with E-state index in [9.17, 15) is 4.91 Å². The topological polar surface area (TPSA) is 32.7 Å². The van der Waals surface area contributed by atoms with Gasteiger partial charge in [-0.05, 0) is 54.0 Å². The molecule has 0 aromatic heterocycles. The van der Waals surface area contributed by atoms with Crippen LogP contribution < -0.4 is 0 Å². The fourth-order valence-corrected chi connectivity index (χ4v) is 3.53. The molecule has 2 fully saturated rings. The van der Waals surface area contributed by atoms with E-state index >= 15 is 0 Å². The Bertz CT molecular complexity index is 403. The Morgan fingerprint density at radius 3 is 2.39 bits per heavy atom. The quantitative estimate of drug-likeness (QED) is 0.761. The van der Waals surface area contributed by atoms with E-state index in [1.807, 2.05) is 12.1 Å². The molecule has 0 spiro atoms. The first kappa shape index (κ1) is 11.8. The molecule has 96 valence electrons. The van der Waals surface area contributed by atoms with Crippen molar-refractivity contribution in [1.29, 1.82) is 0 Å². The van der Waals surface area contributed by atoms with Crippen molar-refractivity contribution in [2.75, 3.05) is 19.6 Å². The summed E-state index contributed by atoms with van der Waals surface area (Å²) in [7, 11) is 0. The summed E-state index contributed by atoms with van der Waals surface area (Å²) in [5.74, 6) is 1.96. The normalized spacial score (nSPS) is 27.3. The third-order valence-corrected chi connectivity index (χ3v) is 4.56. The Morgan fingerprint density at radius 1 is 1.11 bits per heavy atom. The summed E-state index contributed by atoms with van der Waals surface area (Å²) in [6.07, 6.45) is 5.42. The molecular formula is C15H20N2O. The fourth-order valence-electron chi connectivity index (χ4n) is 3.53. The van der Waals surface area contributed by atoms with Crippen molar-refractivity contribution in [2.45, 2.75) is 25.7 Å². The molecule has 2 unspecified atom stereocenters. The molecule has 0 bridgehead atoms. The molecule has 1 heterocycles. The summed E-state index contributed by atoms with van der Waals surface area (Å²) >= 11 is 0. The Morgan fingerprint density at radius 2 is 1.78 bits per heavy atom. The lowest BCUT2D eigenvalue weighted by atomic mass is 10.0. The van der Waals surface area contributed by atoms with Crippen LogP contribution in [0, 0.1) is 16.7 Å². The van der Waals surface area contributed by atoms with Crippen molar-refractivity contribution in [3.8, 4) is 0 Å². The van der Waals surface area contributed by atoms with Crippen LogP contribution in [0.2, 0.25) is 0 Å². The van der Waals surface area contributed by atoms with E-state index in [-0.39, 0.29) is 0 Å². The zero-order chi connectivity index (χ0) is 12.4. The van der Waals surface area contributed by atoms with Gasteiger partial charge in [-0.15, -0.1) is 4.91 Å². The van der Waals surface area contributed by atoms with Gasteiger partial charge in [-0.1, -0.05) is 18.6 Å². The van der Waals surface area contributed by atoms with Crippen LogP contribution in [0.1, 0.15) is 24.8 Å². The molecule has 1 aromatic rings. The van der Waals surface area contributed by atoms with Gasteiger partial charge in [-0.3, -0.25) is 0 Å². The molecule has 3 nitrogen and oxygen atoms in total. The molecule has 18 heavy (non-hydrogen) atoms. The average Bonchev–Trinajstić information content (AvgIpc) is 2.97. The molecule has 3 heteroatoms. The zero-order valence-corrected chi connectivity index (χ0v) is 10.7. The molecule has 3 rings (SSSR count). The number of hydrogen-bond donors (Lipinski definition) is 0. The molecule has 1 aromatic carbocycles. The van der Waals surface area contributed by atoms with Gasteiger partial charge >= 0.3 is 0 Å². The molecular weight excluding hydrogens is 224 g/mol. The molecule has 0 amide bonds. The first-order chi connectivity index (χ1) is 8.85. The van der Waals surface area contributed by atoms with E-state index < -0.39 is 0 Å². The van der Waals surface area contributed by atoms with Crippen molar-refractivity contribution in [3.05, 3.63) is 34.7 Å². The second-order valence-corrected chi connectivity index (χ2v) is 5.72. The highest BCUT2D eigenvalue weighted by Crippen LogP contribution is 2.37. The number of rotatable bonds is 4. The highest BCUT2D eigenvalue weighted by molar-refractivity contribution is 5.38. The first-order valence-electron chi connectivity index (χ1n) is 7.00. The van der Waals surface area contributed by atoms with Gasteiger partial charge in [0.1, 0.15) is 5.69 Å². The number of benzene rings is 1. The lowest BCUT2D eigenvalue weighted by Gasteiger charge is -2.16. The van der Waals surface area contributed by atoms with Gasteiger partial charge in [0, 0.05) is 19.6 Å². The number of nitrogens with zero attached hydrogens (tertiary/aromatic N) is 2. The molecule has 1 aliphatic heterocycles. The Labute approximate surface area is 108 Å². The van der Waals surface area contributed by atoms with Gasteiger partial charge in [-0.25, -0.2) is 0 Å². The standard InChI is InChI=1S/C15H20N2O/c18-16-15-6-4-12(5-7-15)8-9-17-10-13-2-1-3-14(13)11-17/h4-7,13-14H,1-3,8-11H2. The van der Waals surface area contributed by atoms with E-state index in [0.717, 1.165) is 24.8 Å². The lowest BCUT2D eigenvalue weighted by Crippen LogP contribution is -2.24.